The maximum atomic E-state index is 8.75. The lowest BCUT2D eigenvalue weighted by Crippen LogP contribution is -1.88. The molecule has 0 amide bonds. The van der Waals surface area contributed by atoms with Crippen LogP contribution in [-0.2, 0) is 6.42 Å². The number of rotatable bonds is 3. The summed E-state index contributed by atoms with van der Waals surface area (Å²) < 4.78 is 0. The Hall–Kier alpha value is -1.28. The van der Waals surface area contributed by atoms with Gasteiger partial charge in [-0.2, -0.15) is 0 Å². The van der Waals surface area contributed by atoms with E-state index < -0.39 is 0 Å². The third-order valence-corrected chi connectivity index (χ3v) is 2.58. The number of aliphatic hydroxyl groups is 1. The first-order chi connectivity index (χ1) is 6.81. The lowest BCUT2D eigenvalue weighted by molar-refractivity contribution is 0.288. The van der Waals surface area contributed by atoms with Gasteiger partial charge in [-0.15, -0.1) is 0 Å². The summed E-state index contributed by atoms with van der Waals surface area (Å²) in [5.74, 6) is 0. The fraction of sp³-hybridized carbons (Fsp3) is 0.333. The van der Waals surface area contributed by atoms with Gasteiger partial charge in [-0.3, -0.25) is 0 Å². The van der Waals surface area contributed by atoms with Gasteiger partial charge in [0.1, 0.15) is 0 Å². The lowest BCUT2D eigenvalue weighted by atomic mass is 10.1. The molecule has 0 aliphatic heterocycles. The zero-order valence-corrected chi connectivity index (χ0v) is 8.38. The molecule has 1 heterocycles. The van der Waals surface area contributed by atoms with E-state index in [1.54, 1.807) is 0 Å². The Labute approximate surface area is 83.6 Å². The third kappa shape index (κ3) is 1.66. The molecule has 0 fully saturated rings. The Morgan fingerprint density at radius 1 is 1.36 bits per heavy atom. The first kappa shape index (κ1) is 9.28. The van der Waals surface area contributed by atoms with E-state index in [2.05, 4.69) is 30.1 Å². The zero-order chi connectivity index (χ0) is 9.97. The number of aromatic amines is 1. The second-order valence-electron chi connectivity index (χ2n) is 3.68. The van der Waals surface area contributed by atoms with Gasteiger partial charge in [0.05, 0.1) is 0 Å². The summed E-state index contributed by atoms with van der Waals surface area (Å²) in [6, 6.07) is 6.43. The Morgan fingerprint density at radius 3 is 3.00 bits per heavy atom. The van der Waals surface area contributed by atoms with Crippen LogP contribution in [0.25, 0.3) is 10.9 Å². The minimum atomic E-state index is 0.268. The van der Waals surface area contributed by atoms with Gasteiger partial charge in [0.2, 0.25) is 0 Å². The number of H-pyrrole nitrogens is 1. The Morgan fingerprint density at radius 2 is 2.21 bits per heavy atom. The van der Waals surface area contributed by atoms with Crippen LogP contribution in [0.4, 0.5) is 0 Å². The number of aliphatic hydroxyl groups excluding tert-OH is 1. The van der Waals surface area contributed by atoms with Gasteiger partial charge in [-0.1, -0.05) is 6.07 Å². The number of nitrogens with one attached hydrogen (secondary N) is 1. The molecule has 1 aromatic carbocycles. The first-order valence-corrected chi connectivity index (χ1v) is 4.99. The van der Waals surface area contributed by atoms with E-state index in [-0.39, 0.29) is 6.61 Å². The van der Waals surface area contributed by atoms with E-state index in [0.29, 0.717) is 0 Å². The minimum Gasteiger partial charge on any atom is -0.396 e. The smallest absolute Gasteiger partial charge is 0.0456 e. The van der Waals surface area contributed by atoms with Crippen LogP contribution in [0, 0.1) is 6.92 Å². The number of hydrogen-bond donors (Lipinski definition) is 2. The Bertz CT molecular complexity index is 431. The van der Waals surface area contributed by atoms with Crippen LogP contribution >= 0.6 is 0 Å². The monoisotopic (exact) mass is 189 g/mol. The highest BCUT2D eigenvalue weighted by Crippen LogP contribution is 2.19. The maximum absolute atomic E-state index is 8.75. The van der Waals surface area contributed by atoms with Gasteiger partial charge in [0.15, 0.2) is 0 Å². The van der Waals surface area contributed by atoms with Crippen molar-refractivity contribution in [1.29, 1.82) is 0 Å². The average Bonchev–Trinajstić information content (AvgIpc) is 2.57. The SMILES string of the molecule is Cc1c[nH]c2ccc(CCCO)cc12. The molecule has 0 unspecified atom stereocenters. The van der Waals surface area contributed by atoms with Crippen LogP contribution in [0.5, 0.6) is 0 Å². The van der Waals surface area contributed by atoms with Crippen molar-refractivity contribution in [3.8, 4) is 0 Å². The highest BCUT2D eigenvalue weighted by molar-refractivity contribution is 5.83. The number of aromatic nitrogens is 1. The standard InChI is InChI=1S/C12H15NO/c1-9-8-13-12-5-4-10(3-2-6-14)7-11(9)12/h4-5,7-8,13-14H,2-3,6H2,1H3. The van der Waals surface area contributed by atoms with Crippen LogP contribution in [0.3, 0.4) is 0 Å². The van der Waals surface area contributed by atoms with Crippen molar-refractivity contribution < 1.29 is 5.11 Å². The predicted octanol–water partition coefficient (Wildman–Crippen LogP) is 2.40. The van der Waals surface area contributed by atoms with Gasteiger partial charge in [0.25, 0.3) is 0 Å². The van der Waals surface area contributed by atoms with Crippen molar-refractivity contribution in [1.82, 2.24) is 4.98 Å². The van der Waals surface area contributed by atoms with Crippen LogP contribution in [0.1, 0.15) is 17.5 Å². The van der Waals surface area contributed by atoms with E-state index in [0.717, 1.165) is 12.8 Å². The molecule has 14 heavy (non-hydrogen) atoms. The molecule has 2 N–H and O–H groups in total. The summed E-state index contributed by atoms with van der Waals surface area (Å²) in [6.07, 6.45) is 3.83. The van der Waals surface area contributed by atoms with Gasteiger partial charge in [-0.25, -0.2) is 0 Å². The first-order valence-electron chi connectivity index (χ1n) is 4.99. The van der Waals surface area contributed by atoms with Crippen molar-refractivity contribution in [2.24, 2.45) is 0 Å². The van der Waals surface area contributed by atoms with Crippen molar-refractivity contribution in [2.45, 2.75) is 19.8 Å². The second-order valence-corrected chi connectivity index (χ2v) is 3.68. The number of fused-ring (bicyclic) bond motifs is 1. The highest BCUT2D eigenvalue weighted by Gasteiger charge is 2.00. The average molecular weight is 189 g/mol. The molecular weight excluding hydrogens is 174 g/mol. The molecule has 0 aliphatic rings. The number of benzene rings is 1. The molecule has 2 nitrogen and oxygen atoms in total. The molecule has 0 saturated carbocycles. The number of hydrogen-bond acceptors (Lipinski definition) is 1. The van der Waals surface area contributed by atoms with Crippen LogP contribution < -0.4 is 0 Å². The summed E-state index contributed by atoms with van der Waals surface area (Å²) >= 11 is 0. The van der Waals surface area contributed by atoms with Gasteiger partial charge < -0.3 is 10.1 Å². The maximum Gasteiger partial charge on any atom is 0.0456 e. The molecule has 2 aromatic rings. The normalized spacial score (nSPS) is 11.0. The molecule has 2 rings (SSSR count). The van der Waals surface area contributed by atoms with Crippen molar-refractivity contribution in [2.75, 3.05) is 6.61 Å². The molecule has 0 atom stereocenters. The van der Waals surface area contributed by atoms with E-state index in [1.165, 1.54) is 22.0 Å². The van der Waals surface area contributed by atoms with Crippen LogP contribution in [0.15, 0.2) is 24.4 Å². The number of aryl methyl sites for hydroxylation is 2. The fourth-order valence-corrected chi connectivity index (χ4v) is 1.75. The lowest BCUT2D eigenvalue weighted by Gasteiger charge is -2.00. The molecule has 0 bridgehead atoms. The van der Waals surface area contributed by atoms with Gasteiger partial charge >= 0.3 is 0 Å². The van der Waals surface area contributed by atoms with Crippen molar-refractivity contribution in [3.63, 3.8) is 0 Å². The molecule has 2 heteroatoms. The van der Waals surface area contributed by atoms with E-state index in [4.69, 9.17) is 5.11 Å². The topological polar surface area (TPSA) is 36.0 Å². The molecule has 1 aromatic heterocycles. The fourth-order valence-electron chi connectivity index (χ4n) is 1.75. The van der Waals surface area contributed by atoms with Crippen LogP contribution in [0.2, 0.25) is 0 Å². The summed E-state index contributed by atoms with van der Waals surface area (Å²) in [4.78, 5) is 3.22. The van der Waals surface area contributed by atoms with Gasteiger partial charge in [0, 0.05) is 23.7 Å². The van der Waals surface area contributed by atoms with E-state index >= 15 is 0 Å². The largest absolute Gasteiger partial charge is 0.396 e. The van der Waals surface area contributed by atoms with E-state index in [1.807, 2.05) is 6.20 Å². The quantitative estimate of drug-likeness (QED) is 0.764. The Kier molecular flexibility index (Phi) is 2.55. The molecule has 0 radical (unpaired) electrons. The minimum absolute atomic E-state index is 0.268. The second kappa shape index (κ2) is 3.84. The third-order valence-electron chi connectivity index (χ3n) is 2.58. The molecular formula is C12H15NO. The summed E-state index contributed by atoms with van der Waals surface area (Å²) in [5, 5.41) is 10.0. The van der Waals surface area contributed by atoms with Crippen molar-refractivity contribution in [3.05, 3.63) is 35.5 Å². The van der Waals surface area contributed by atoms with E-state index in [9.17, 15) is 0 Å². The molecule has 0 spiro atoms. The van der Waals surface area contributed by atoms with Gasteiger partial charge in [-0.05, 0) is 43.0 Å². The molecule has 74 valence electrons. The highest BCUT2D eigenvalue weighted by atomic mass is 16.2. The molecule has 0 saturated heterocycles. The summed E-state index contributed by atoms with van der Waals surface area (Å²) in [5.41, 5.74) is 3.77. The summed E-state index contributed by atoms with van der Waals surface area (Å²) in [7, 11) is 0. The van der Waals surface area contributed by atoms with Crippen LogP contribution in [-0.4, -0.2) is 16.7 Å². The zero-order valence-electron chi connectivity index (χ0n) is 8.38. The Balaban J connectivity index is 2.34. The van der Waals surface area contributed by atoms with Crippen molar-refractivity contribution >= 4 is 10.9 Å². The predicted molar refractivity (Wildman–Crippen MR) is 58.4 cm³/mol. The summed E-state index contributed by atoms with van der Waals surface area (Å²) in [6.45, 7) is 2.37. The molecule has 0 aliphatic carbocycles.